The van der Waals surface area contributed by atoms with Crippen LogP contribution in [-0.4, -0.2) is 23.5 Å². The Kier molecular flexibility index (Phi) is 6.31. The number of hydrogen-bond acceptors (Lipinski definition) is 3. The highest BCUT2D eigenvalue weighted by atomic mass is 19.1. The van der Waals surface area contributed by atoms with Gasteiger partial charge in [0.15, 0.2) is 5.78 Å². The number of carboxylic acids is 1. The van der Waals surface area contributed by atoms with Crippen LogP contribution in [0.15, 0.2) is 54.6 Å². The van der Waals surface area contributed by atoms with Crippen LogP contribution < -0.4 is 4.74 Å². The van der Waals surface area contributed by atoms with Gasteiger partial charge in [0.1, 0.15) is 11.6 Å². The zero-order chi connectivity index (χ0) is 25.5. The standard InChI is InChI=1S/C30H31FO4/c1-6-35-23-17-22-25(30(4,5)16-15-29(22,2)3)26(31)24(23)18-11-13-19(14-12-18)27(32)20-9-7-8-10-21(20)28(33)34/h7-14,17H,6,15-16H2,1-5H3,(H,33,34). The highest BCUT2D eigenvalue weighted by molar-refractivity contribution is 6.14. The van der Waals surface area contributed by atoms with Crippen molar-refractivity contribution in [2.45, 2.75) is 58.3 Å². The Bertz CT molecular complexity index is 1300. The largest absolute Gasteiger partial charge is 0.493 e. The number of ether oxygens (including phenoxy) is 1. The first-order chi connectivity index (χ1) is 16.5. The Morgan fingerprint density at radius 1 is 0.943 bits per heavy atom. The number of carboxylic acid groups (broad SMARTS) is 1. The summed E-state index contributed by atoms with van der Waals surface area (Å²) in [6.07, 6.45) is 1.85. The predicted octanol–water partition coefficient (Wildman–Crippen LogP) is 7.17. The van der Waals surface area contributed by atoms with Crippen LogP contribution >= 0.6 is 0 Å². The maximum absolute atomic E-state index is 16.3. The summed E-state index contributed by atoms with van der Waals surface area (Å²) in [4.78, 5) is 24.6. The van der Waals surface area contributed by atoms with E-state index in [0.29, 0.717) is 29.0 Å². The number of ketones is 1. The van der Waals surface area contributed by atoms with Crippen molar-refractivity contribution in [2.24, 2.45) is 0 Å². The molecule has 0 fully saturated rings. The summed E-state index contributed by atoms with van der Waals surface area (Å²) in [7, 11) is 0. The summed E-state index contributed by atoms with van der Waals surface area (Å²) in [5.74, 6) is -1.34. The molecule has 0 amide bonds. The molecule has 1 aliphatic rings. The summed E-state index contributed by atoms with van der Waals surface area (Å²) in [5, 5.41) is 9.43. The lowest BCUT2D eigenvalue weighted by Crippen LogP contribution is -2.35. The van der Waals surface area contributed by atoms with E-state index in [-0.39, 0.29) is 27.8 Å². The topological polar surface area (TPSA) is 63.6 Å². The van der Waals surface area contributed by atoms with E-state index in [1.807, 2.05) is 13.0 Å². The van der Waals surface area contributed by atoms with Crippen molar-refractivity contribution in [1.29, 1.82) is 0 Å². The molecule has 0 atom stereocenters. The molecule has 5 heteroatoms. The fourth-order valence-electron chi connectivity index (χ4n) is 5.06. The molecule has 0 saturated heterocycles. The van der Waals surface area contributed by atoms with Gasteiger partial charge in [-0.3, -0.25) is 4.79 Å². The number of carbonyl (C=O) groups is 2. The Hall–Kier alpha value is -3.47. The summed E-state index contributed by atoms with van der Waals surface area (Å²) in [5.41, 5.74) is 2.63. The number of fused-ring (bicyclic) bond motifs is 1. The number of aromatic carboxylic acids is 1. The van der Waals surface area contributed by atoms with Gasteiger partial charge < -0.3 is 9.84 Å². The van der Waals surface area contributed by atoms with Crippen LogP contribution in [0, 0.1) is 5.82 Å². The van der Waals surface area contributed by atoms with E-state index in [9.17, 15) is 14.7 Å². The van der Waals surface area contributed by atoms with Gasteiger partial charge in [-0.25, -0.2) is 9.18 Å². The van der Waals surface area contributed by atoms with E-state index in [1.54, 1.807) is 36.4 Å². The average molecular weight is 475 g/mol. The van der Waals surface area contributed by atoms with Crippen molar-refractivity contribution < 1.29 is 23.8 Å². The molecule has 0 spiro atoms. The fourth-order valence-corrected chi connectivity index (χ4v) is 5.06. The molecule has 0 aliphatic heterocycles. The van der Waals surface area contributed by atoms with Gasteiger partial charge >= 0.3 is 5.97 Å². The molecule has 0 radical (unpaired) electrons. The zero-order valence-electron chi connectivity index (χ0n) is 20.9. The molecular weight excluding hydrogens is 443 g/mol. The summed E-state index contributed by atoms with van der Waals surface area (Å²) in [6.45, 7) is 10.7. The Morgan fingerprint density at radius 2 is 1.54 bits per heavy atom. The smallest absolute Gasteiger partial charge is 0.336 e. The second-order valence-electron chi connectivity index (χ2n) is 10.4. The first kappa shape index (κ1) is 24.6. The molecule has 0 saturated carbocycles. The average Bonchev–Trinajstić information content (AvgIpc) is 2.82. The van der Waals surface area contributed by atoms with Crippen LogP contribution in [0.1, 0.15) is 84.9 Å². The maximum Gasteiger partial charge on any atom is 0.336 e. The molecule has 0 heterocycles. The molecule has 4 rings (SSSR count). The fraction of sp³-hybridized carbons (Fsp3) is 0.333. The van der Waals surface area contributed by atoms with Crippen LogP contribution in [0.5, 0.6) is 5.75 Å². The number of hydrogen-bond donors (Lipinski definition) is 1. The molecule has 0 aromatic heterocycles. The van der Waals surface area contributed by atoms with E-state index in [0.717, 1.165) is 24.0 Å². The summed E-state index contributed by atoms with van der Waals surface area (Å²) >= 11 is 0. The van der Waals surface area contributed by atoms with Gasteiger partial charge in [0, 0.05) is 11.1 Å². The number of rotatable bonds is 6. The first-order valence-corrected chi connectivity index (χ1v) is 12.0. The van der Waals surface area contributed by atoms with Crippen LogP contribution in [0.3, 0.4) is 0 Å². The number of carbonyl (C=O) groups excluding carboxylic acids is 1. The van der Waals surface area contributed by atoms with Crippen LogP contribution in [-0.2, 0) is 10.8 Å². The van der Waals surface area contributed by atoms with Crippen molar-refractivity contribution in [2.75, 3.05) is 6.61 Å². The van der Waals surface area contributed by atoms with Gasteiger partial charge in [0.25, 0.3) is 0 Å². The summed E-state index contributed by atoms with van der Waals surface area (Å²) < 4.78 is 22.2. The maximum atomic E-state index is 16.3. The SMILES string of the molecule is CCOc1cc2c(c(F)c1-c1ccc(C(=O)c3ccccc3C(=O)O)cc1)C(C)(C)CCC2(C)C. The van der Waals surface area contributed by atoms with Crippen molar-refractivity contribution in [1.82, 2.24) is 0 Å². The molecule has 0 bridgehead atoms. The van der Waals surface area contributed by atoms with Crippen LogP contribution in [0.4, 0.5) is 4.39 Å². The minimum absolute atomic E-state index is 0.0502. The van der Waals surface area contributed by atoms with Gasteiger partial charge in [-0.1, -0.05) is 70.2 Å². The molecular formula is C30H31FO4. The minimum atomic E-state index is -1.16. The molecule has 4 nitrogen and oxygen atoms in total. The lowest BCUT2D eigenvalue weighted by molar-refractivity contribution is 0.0692. The Balaban J connectivity index is 1.83. The second-order valence-corrected chi connectivity index (χ2v) is 10.4. The first-order valence-electron chi connectivity index (χ1n) is 12.0. The highest BCUT2D eigenvalue weighted by Crippen LogP contribution is 2.51. The predicted molar refractivity (Wildman–Crippen MR) is 135 cm³/mol. The highest BCUT2D eigenvalue weighted by Gasteiger charge is 2.41. The summed E-state index contributed by atoms with van der Waals surface area (Å²) in [6, 6.07) is 14.7. The second kappa shape index (κ2) is 8.95. The van der Waals surface area contributed by atoms with Gasteiger partial charge in [0.05, 0.1) is 17.7 Å². The third kappa shape index (κ3) is 4.36. The molecule has 35 heavy (non-hydrogen) atoms. The Labute approximate surface area is 205 Å². The van der Waals surface area contributed by atoms with Crippen LogP contribution in [0.25, 0.3) is 11.1 Å². The van der Waals surface area contributed by atoms with E-state index >= 15 is 4.39 Å². The normalized spacial score (nSPS) is 15.8. The minimum Gasteiger partial charge on any atom is -0.493 e. The molecule has 3 aromatic carbocycles. The van der Waals surface area contributed by atoms with Crippen molar-refractivity contribution in [3.05, 3.63) is 88.2 Å². The van der Waals surface area contributed by atoms with E-state index in [4.69, 9.17) is 4.74 Å². The molecule has 182 valence electrons. The van der Waals surface area contributed by atoms with E-state index < -0.39 is 11.8 Å². The van der Waals surface area contributed by atoms with Crippen molar-refractivity contribution in [3.8, 4) is 16.9 Å². The molecule has 0 unspecified atom stereocenters. The lowest BCUT2D eigenvalue weighted by atomic mass is 9.62. The number of halogens is 1. The molecule has 1 aliphatic carbocycles. The van der Waals surface area contributed by atoms with Crippen LogP contribution in [0.2, 0.25) is 0 Å². The van der Waals surface area contributed by atoms with Gasteiger partial charge in [-0.15, -0.1) is 0 Å². The van der Waals surface area contributed by atoms with Gasteiger partial charge in [-0.2, -0.15) is 0 Å². The third-order valence-corrected chi connectivity index (χ3v) is 7.15. The van der Waals surface area contributed by atoms with Gasteiger partial charge in [0.2, 0.25) is 0 Å². The van der Waals surface area contributed by atoms with E-state index in [1.165, 1.54) is 12.1 Å². The zero-order valence-corrected chi connectivity index (χ0v) is 20.9. The molecule has 3 aromatic rings. The monoisotopic (exact) mass is 474 g/mol. The lowest BCUT2D eigenvalue weighted by Gasteiger charge is -2.42. The van der Waals surface area contributed by atoms with Crippen molar-refractivity contribution >= 4 is 11.8 Å². The van der Waals surface area contributed by atoms with Gasteiger partial charge in [-0.05, 0) is 59.4 Å². The van der Waals surface area contributed by atoms with E-state index in [2.05, 4.69) is 27.7 Å². The van der Waals surface area contributed by atoms with Crippen molar-refractivity contribution in [3.63, 3.8) is 0 Å². The third-order valence-electron chi connectivity index (χ3n) is 7.15. The number of benzene rings is 3. The quantitative estimate of drug-likeness (QED) is 0.385. The Morgan fingerprint density at radius 3 is 2.14 bits per heavy atom. The molecule has 1 N–H and O–H groups in total.